The molecule has 1 aromatic carbocycles. The first-order valence-electron chi connectivity index (χ1n) is 10.7. The van der Waals surface area contributed by atoms with Gasteiger partial charge >= 0.3 is 0 Å². The Hall–Kier alpha value is -2.08. The maximum Gasteiger partial charge on any atom is 0.253 e. The molecule has 1 amide bonds. The van der Waals surface area contributed by atoms with Crippen LogP contribution < -0.4 is 10.6 Å². The molecule has 2 aliphatic heterocycles. The second-order valence-electron chi connectivity index (χ2n) is 8.39. The highest BCUT2D eigenvalue weighted by atomic mass is 16.5. The average Bonchev–Trinajstić information content (AvgIpc) is 3.35. The van der Waals surface area contributed by atoms with E-state index in [1.165, 1.54) is 25.7 Å². The Morgan fingerprint density at radius 3 is 2.89 bits per heavy atom. The van der Waals surface area contributed by atoms with Crippen LogP contribution in [0.5, 0.6) is 0 Å². The zero-order valence-corrected chi connectivity index (χ0v) is 16.9. The predicted molar refractivity (Wildman–Crippen MR) is 111 cm³/mol. The highest BCUT2D eigenvalue weighted by Crippen LogP contribution is 2.47. The van der Waals surface area contributed by atoms with Crippen molar-refractivity contribution in [3.8, 4) is 0 Å². The van der Waals surface area contributed by atoms with Gasteiger partial charge in [-0.05, 0) is 62.1 Å². The van der Waals surface area contributed by atoms with Crippen molar-refractivity contribution < 1.29 is 9.53 Å². The second kappa shape index (κ2) is 8.52. The van der Waals surface area contributed by atoms with Crippen LogP contribution >= 0.6 is 0 Å². The molecule has 2 heterocycles. The van der Waals surface area contributed by atoms with Crippen molar-refractivity contribution in [3.05, 3.63) is 29.8 Å². The van der Waals surface area contributed by atoms with Crippen molar-refractivity contribution in [3.63, 3.8) is 0 Å². The molecule has 1 spiro atoms. The van der Waals surface area contributed by atoms with Crippen LogP contribution in [0.15, 0.2) is 29.3 Å². The summed E-state index contributed by atoms with van der Waals surface area (Å²) in [7, 11) is 0. The normalized spacial score (nSPS) is 23.7. The molecule has 3 fully saturated rings. The van der Waals surface area contributed by atoms with Crippen molar-refractivity contribution in [2.75, 3.05) is 31.6 Å². The summed E-state index contributed by atoms with van der Waals surface area (Å²) in [6, 6.07) is 7.97. The molecule has 6 heteroatoms. The molecule has 1 aromatic rings. The topological polar surface area (TPSA) is 66.0 Å². The smallest absolute Gasteiger partial charge is 0.253 e. The summed E-state index contributed by atoms with van der Waals surface area (Å²) >= 11 is 0. The van der Waals surface area contributed by atoms with E-state index in [2.05, 4.69) is 28.5 Å². The van der Waals surface area contributed by atoms with Gasteiger partial charge in [0.15, 0.2) is 5.96 Å². The number of likely N-dealkylation sites (tertiary alicyclic amines) is 1. The third-order valence-electron chi connectivity index (χ3n) is 6.31. The minimum atomic E-state index is -0.309. The van der Waals surface area contributed by atoms with Gasteiger partial charge in [-0.15, -0.1) is 0 Å². The van der Waals surface area contributed by atoms with Crippen LogP contribution in [-0.4, -0.2) is 49.1 Å². The number of carbonyl (C=O) groups excluding carboxylic acids is 1. The Balaban J connectivity index is 1.38. The van der Waals surface area contributed by atoms with Crippen LogP contribution in [-0.2, 0) is 16.1 Å². The lowest BCUT2D eigenvalue weighted by molar-refractivity contribution is -0.124. The highest BCUT2D eigenvalue weighted by molar-refractivity contribution is 5.94. The standard InChI is InChI=1S/C22H32N4O2/c1-2-23-21(26-12-11-22(16-26)9-5-10-22)24-15-17-6-3-7-18(14-17)25-20(27)19-8-4-13-28-19/h3,6-7,14,19H,2,4-5,8-13,15-16H2,1H3,(H,23,24)(H,25,27). The summed E-state index contributed by atoms with van der Waals surface area (Å²) in [5, 5.41) is 6.43. The van der Waals surface area contributed by atoms with E-state index in [-0.39, 0.29) is 12.0 Å². The molecule has 2 saturated heterocycles. The summed E-state index contributed by atoms with van der Waals surface area (Å²) < 4.78 is 5.46. The number of anilines is 1. The SMILES string of the molecule is CCNC(=NCc1cccc(NC(=O)C2CCCO2)c1)N1CCC2(CCC2)C1. The quantitative estimate of drug-likeness (QED) is 0.605. The van der Waals surface area contributed by atoms with Crippen LogP contribution in [0.2, 0.25) is 0 Å². The number of amides is 1. The number of nitrogens with zero attached hydrogens (tertiary/aromatic N) is 2. The lowest BCUT2D eigenvalue weighted by Gasteiger charge is -2.38. The van der Waals surface area contributed by atoms with Crippen molar-refractivity contribution in [2.24, 2.45) is 10.4 Å². The van der Waals surface area contributed by atoms with Crippen LogP contribution in [0.4, 0.5) is 5.69 Å². The van der Waals surface area contributed by atoms with E-state index in [0.29, 0.717) is 18.6 Å². The van der Waals surface area contributed by atoms with Crippen molar-refractivity contribution in [1.29, 1.82) is 0 Å². The van der Waals surface area contributed by atoms with E-state index in [1.807, 2.05) is 18.2 Å². The molecule has 6 nitrogen and oxygen atoms in total. The van der Waals surface area contributed by atoms with Gasteiger partial charge in [0.25, 0.3) is 5.91 Å². The van der Waals surface area contributed by atoms with Crippen LogP contribution in [0.1, 0.15) is 51.0 Å². The first-order chi connectivity index (χ1) is 13.7. The molecule has 1 saturated carbocycles. The minimum absolute atomic E-state index is 0.0469. The largest absolute Gasteiger partial charge is 0.368 e. The van der Waals surface area contributed by atoms with Crippen molar-refractivity contribution in [1.82, 2.24) is 10.2 Å². The third kappa shape index (κ3) is 4.32. The Kier molecular flexibility index (Phi) is 5.85. The van der Waals surface area contributed by atoms with Gasteiger partial charge in [0, 0.05) is 31.9 Å². The second-order valence-corrected chi connectivity index (χ2v) is 8.39. The first kappa shape index (κ1) is 19.2. The molecule has 0 bridgehead atoms. The number of rotatable bonds is 5. The van der Waals surface area contributed by atoms with Crippen LogP contribution in [0, 0.1) is 5.41 Å². The fourth-order valence-corrected chi connectivity index (χ4v) is 4.55. The zero-order valence-electron chi connectivity index (χ0n) is 16.9. The van der Waals surface area contributed by atoms with E-state index >= 15 is 0 Å². The lowest BCUT2D eigenvalue weighted by atomic mass is 9.68. The van der Waals surface area contributed by atoms with Gasteiger partial charge in [0.2, 0.25) is 0 Å². The molecule has 1 aliphatic carbocycles. The maximum atomic E-state index is 12.3. The number of hydrogen-bond donors (Lipinski definition) is 2. The van der Waals surface area contributed by atoms with Gasteiger partial charge in [-0.2, -0.15) is 0 Å². The highest BCUT2D eigenvalue weighted by Gasteiger charge is 2.43. The Morgan fingerprint density at radius 2 is 2.21 bits per heavy atom. The lowest BCUT2D eigenvalue weighted by Crippen LogP contribution is -2.42. The molecule has 0 radical (unpaired) electrons. The van der Waals surface area contributed by atoms with Crippen LogP contribution in [0.25, 0.3) is 0 Å². The van der Waals surface area contributed by atoms with Crippen LogP contribution in [0.3, 0.4) is 0 Å². The van der Waals surface area contributed by atoms with E-state index in [4.69, 9.17) is 9.73 Å². The summed E-state index contributed by atoms with van der Waals surface area (Å²) in [6.45, 7) is 6.51. The van der Waals surface area contributed by atoms with Gasteiger partial charge in [-0.1, -0.05) is 18.6 Å². The Labute approximate surface area is 167 Å². The number of ether oxygens (including phenoxy) is 1. The molecule has 3 aliphatic rings. The van der Waals surface area contributed by atoms with Gasteiger partial charge in [-0.3, -0.25) is 4.79 Å². The zero-order chi connectivity index (χ0) is 19.4. The predicted octanol–water partition coefficient (Wildman–Crippen LogP) is 3.15. The maximum absolute atomic E-state index is 12.3. The number of benzene rings is 1. The number of hydrogen-bond acceptors (Lipinski definition) is 3. The monoisotopic (exact) mass is 384 g/mol. The molecule has 0 aromatic heterocycles. The Morgan fingerprint density at radius 1 is 1.32 bits per heavy atom. The van der Waals surface area contributed by atoms with E-state index in [0.717, 1.165) is 49.7 Å². The molecule has 152 valence electrons. The molecule has 1 unspecified atom stereocenters. The van der Waals surface area contributed by atoms with Gasteiger partial charge < -0.3 is 20.3 Å². The molecule has 4 rings (SSSR count). The molecule has 2 N–H and O–H groups in total. The third-order valence-corrected chi connectivity index (χ3v) is 6.31. The summed E-state index contributed by atoms with van der Waals surface area (Å²) in [6.07, 6.45) is 6.87. The molecule has 1 atom stereocenters. The van der Waals surface area contributed by atoms with Gasteiger partial charge in [-0.25, -0.2) is 4.99 Å². The van der Waals surface area contributed by atoms with E-state index in [1.54, 1.807) is 0 Å². The summed E-state index contributed by atoms with van der Waals surface area (Å²) in [5.74, 6) is 0.967. The number of nitrogens with one attached hydrogen (secondary N) is 2. The minimum Gasteiger partial charge on any atom is -0.368 e. The Bertz CT molecular complexity index is 723. The first-order valence-corrected chi connectivity index (χ1v) is 10.7. The molecule has 28 heavy (non-hydrogen) atoms. The summed E-state index contributed by atoms with van der Waals surface area (Å²) in [4.78, 5) is 19.6. The summed E-state index contributed by atoms with van der Waals surface area (Å²) in [5.41, 5.74) is 2.47. The van der Waals surface area contributed by atoms with E-state index in [9.17, 15) is 4.79 Å². The number of guanidine groups is 1. The van der Waals surface area contributed by atoms with Gasteiger partial charge in [0.1, 0.15) is 6.10 Å². The van der Waals surface area contributed by atoms with Crippen molar-refractivity contribution >= 4 is 17.6 Å². The van der Waals surface area contributed by atoms with Gasteiger partial charge in [0.05, 0.1) is 6.54 Å². The van der Waals surface area contributed by atoms with E-state index < -0.39 is 0 Å². The average molecular weight is 385 g/mol. The van der Waals surface area contributed by atoms with Crippen molar-refractivity contribution in [2.45, 2.75) is 58.1 Å². The number of carbonyl (C=O) groups is 1. The molecular formula is C22H32N4O2. The fraction of sp³-hybridized carbons (Fsp3) is 0.636. The number of aliphatic imine (C=N–C) groups is 1. The molecular weight excluding hydrogens is 352 g/mol. The fourth-order valence-electron chi connectivity index (χ4n) is 4.55.